The van der Waals surface area contributed by atoms with Crippen molar-refractivity contribution in [1.82, 2.24) is 10.1 Å². The molecule has 0 radical (unpaired) electrons. The SMILES string of the molecule is COCC(N)c1noc(-c2ccc(OC)c(F)c2)n1. The molecule has 19 heavy (non-hydrogen) atoms. The summed E-state index contributed by atoms with van der Waals surface area (Å²) in [7, 11) is 2.92. The van der Waals surface area contributed by atoms with Gasteiger partial charge < -0.3 is 19.7 Å². The Balaban J connectivity index is 2.25. The molecule has 0 bridgehead atoms. The summed E-state index contributed by atoms with van der Waals surface area (Å²) in [5, 5.41) is 3.74. The molecular weight excluding hydrogens is 253 g/mol. The molecule has 6 nitrogen and oxygen atoms in total. The molecule has 0 aliphatic heterocycles. The minimum absolute atomic E-state index is 0.152. The quantitative estimate of drug-likeness (QED) is 0.884. The summed E-state index contributed by atoms with van der Waals surface area (Å²) in [5.74, 6) is 0.164. The fraction of sp³-hybridized carbons (Fsp3) is 0.333. The van der Waals surface area contributed by atoms with Crippen LogP contribution in [0.4, 0.5) is 4.39 Å². The van der Waals surface area contributed by atoms with E-state index in [2.05, 4.69) is 10.1 Å². The zero-order valence-electron chi connectivity index (χ0n) is 10.6. The lowest BCUT2D eigenvalue weighted by Gasteiger charge is -2.03. The number of hydrogen-bond acceptors (Lipinski definition) is 6. The van der Waals surface area contributed by atoms with Gasteiger partial charge in [0.1, 0.15) is 0 Å². The Morgan fingerprint density at radius 3 is 2.84 bits per heavy atom. The summed E-state index contributed by atoms with van der Waals surface area (Å²) >= 11 is 0. The van der Waals surface area contributed by atoms with E-state index in [0.717, 1.165) is 0 Å². The molecule has 7 heteroatoms. The van der Waals surface area contributed by atoms with Crippen molar-refractivity contribution in [2.75, 3.05) is 20.8 Å². The van der Waals surface area contributed by atoms with Crippen LogP contribution in [0.3, 0.4) is 0 Å². The Morgan fingerprint density at radius 1 is 1.42 bits per heavy atom. The third kappa shape index (κ3) is 2.88. The maximum atomic E-state index is 13.6. The fourth-order valence-electron chi connectivity index (χ4n) is 1.56. The zero-order valence-corrected chi connectivity index (χ0v) is 10.6. The standard InChI is InChI=1S/C12H14FN3O3/c1-17-6-9(14)11-15-12(19-16-11)7-3-4-10(18-2)8(13)5-7/h3-5,9H,6,14H2,1-2H3. The van der Waals surface area contributed by atoms with E-state index in [4.69, 9.17) is 19.7 Å². The zero-order chi connectivity index (χ0) is 13.8. The van der Waals surface area contributed by atoms with Gasteiger partial charge in [-0.15, -0.1) is 0 Å². The molecule has 1 unspecified atom stereocenters. The summed E-state index contributed by atoms with van der Waals surface area (Å²) in [6.45, 7) is 0.274. The van der Waals surface area contributed by atoms with Gasteiger partial charge in [-0.1, -0.05) is 5.16 Å². The van der Waals surface area contributed by atoms with Crippen LogP contribution in [0, 0.1) is 5.82 Å². The molecule has 2 rings (SSSR count). The number of nitrogens with two attached hydrogens (primary N) is 1. The number of aromatic nitrogens is 2. The predicted molar refractivity (Wildman–Crippen MR) is 65.0 cm³/mol. The highest BCUT2D eigenvalue weighted by molar-refractivity contribution is 5.54. The molecular formula is C12H14FN3O3. The van der Waals surface area contributed by atoms with Crippen molar-refractivity contribution in [2.45, 2.75) is 6.04 Å². The van der Waals surface area contributed by atoms with Gasteiger partial charge in [0, 0.05) is 12.7 Å². The highest BCUT2D eigenvalue weighted by Gasteiger charge is 2.16. The van der Waals surface area contributed by atoms with Crippen LogP contribution in [0.1, 0.15) is 11.9 Å². The summed E-state index contributed by atoms with van der Waals surface area (Å²) in [6.07, 6.45) is 0. The van der Waals surface area contributed by atoms with Crippen LogP contribution in [0.5, 0.6) is 5.75 Å². The van der Waals surface area contributed by atoms with Crippen molar-refractivity contribution < 1.29 is 18.4 Å². The van der Waals surface area contributed by atoms with Crippen molar-refractivity contribution in [2.24, 2.45) is 5.73 Å². The summed E-state index contributed by atoms with van der Waals surface area (Å²) in [4.78, 5) is 4.11. The Morgan fingerprint density at radius 2 is 2.21 bits per heavy atom. The van der Waals surface area contributed by atoms with E-state index < -0.39 is 11.9 Å². The van der Waals surface area contributed by atoms with Crippen LogP contribution in [0.15, 0.2) is 22.7 Å². The third-order valence-corrected chi connectivity index (χ3v) is 2.52. The average Bonchev–Trinajstić information content (AvgIpc) is 2.88. The lowest BCUT2D eigenvalue weighted by atomic mass is 10.2. The van der Waals surface area contributed by atoms with Crippen LogP contribution in [0.2, 0.25) is 0 Å². The van der Waals surface area contributed by atoms with Gasteiger partial charge in [0.05, 0.1) is 19.8 Å². The Kier molecular flexibility index (Phi) is 4.08. The van der Waals surface area contributed by atoms with E-state index in [1.807, 2.05) is 0 Å². The van der Waals surface area contributed by atoms with Crippen molar-refractivity contribution >= 4 is 0 Å². The number of ether oxygens (including phenoxy) is 2. The predicted octanol–water partition coefficient (Wildman–Crippen LogP) is 1.53. The van der Waals surface area contributed by atoms with Gasteiger partial charge in [0.2, 0.25) is 0 Å². The summed E-state index contributed by atoms with van der Waals surface area (Å²) in [5.41, 5.74) is 6.23. The molecule has 0 saturated heterocycles. The van der Waals surface area contributed by atoms with Gasteiger partial charge in [-0.3, -0.25) is 0 Å². The molecule has 1 aromatic carbocycles. The first kappa shape index (κ1) is 13.4. The Labute approximate surface area is 109 Å². The topological polar surface area (TPSA) is 83.4 Å². The molecule has 0 fully saturated rings. The molecule has 0 amide bonds. The first-order valence-electron chi connectivity index (χ1n) is 5.57. The molecule has 0 spiro atoms. The van der Waals surface area contributed by atoms with Crippen molar-refractivity contribution in [3.8, 4) is 17.2 Å². The molecule has 1 aromatic heterocycles. The largest absolute Gasteiger partial charge is 0.494 e. The molecule has 102 valence electrons. The van der Waals surface area contributed by atoms with Gasteiger partial charge in [0.15, 0.2) is 17.4 Å². The number of benzene rings is 1. The molecule has 1 atom stereocenters. The number of hydrogen-bond donors (Lipinski definition) is 1. The van der Waals surface area contributed by atoms with E-state index in [1.165, 1.54) is 26.4 Å². The van der Waals surface area contributed by atoms with Crippen LogP contribution < -0.4 is 10.5 Å². The maximum Gasteiger partial charge on any atom is 0.258 e. The van der Waals surface area contributed by atoms with E-state index in [0.29, 0.717) is 11.4 Å². The second-order valence-electron chi connectivity index (χ2n) is 3.87. The van der Waals surface area contributed by atoms with E-state index in [1.54, 1.807) is 6.07 Å². The van der Waals surface area contributed by atoms with Crippen molar-refractivity contribution in [1.29, 1.82) is 0 Å². The van der Waals surface area contributed by atoms with Crippen LogP contribution in [0.25, 0.3) is 11.5 Å². The van der Waals surface area contributed by atoms with E-state index in [9.17, 15) is 4.39 Å². The molecule has 2 aromatic rings. The molecule has 0 aliphatic carbocycles. The van der Waals surface area contributed by atoms with Gasteiger partial charge in [-0.05, 0) is 18.2 Å². The van der Waals surface area contributed by atoms with Crippen molar-refractivity contribution in [3.05, 3.63) is 29.8 Å². The average molecular weight is 267 g/mol. The highest BCUT2D eigenvalue weighted by Crippen LogP contribution is 2.24. The van der Waals surface area contributed by atoms with Crippen LogP contribution >= 0.6 is 0 Å². The summed E-state index contributed by atoms with van der Waals surface area (Å²) in [6, 6.07) is 3.90. The van der Waals surface area contributed by atoms with Crippen LogP contribution in [-0.4, -0.2) is 31.0 Å². The number of nitrogens with zero attached hydrogens (tertiary/aromatic N) is 2. The second kappa shape index (κ2) is 5.77. The number of rotatable bonds is 5. The first-order valence-corrected chi connectivity index (χ1v) is 5.57. The van der Waals surface area contributed by atoms with Crippen molar-refractivity contribution in [3.63, 3.8) is 0 Å². The van der Waals surface area contributed by atoms with Gasteiger partial charge >= 0.3 is 0 Å². The van der Waals surface area contributed by atoms with E-state index >= 15 is 0 Å². The highest BCUT2D eigenvalue weighted by atomic mass is 19.1. The van der Waals surface area contributed by atoms with Gasteiger partial charge in [-0.2, -0.15) is 4.98 Å². The van der Waals surface area contributed by atoms with Crippen LogP contribution in [-0.2, 0) is 4.74 Å². The number of methoxy groups -OCH3 is 2. The van der Waals surface area contributed by atoms with E-state index in [-0.39, 0.29) is 18.2 Å². The minimum Gasteiger partial charge on any atom is -0.494 e. The maximum absolute atomic E-state index is 13.6. The second-order valence-corrected chi connectivity index (χ2v) is 3.87. The lowest BCUT2D eigenvalue weighted by Crippen LogP contribution is -2.17. The Hall–Kier alpha value is -1.99. The molecule has 0 saturated carbocycles. The normalized spacial score (nSPS) is 12.4. The third-order valence-electron chi connectivity index (χ3n) is 2.52. The minimum atomic E-state index is -0.499. The number of halogens is 1. The lowest BCUT2D eigenvalue weighted by molar-refractivity contribution is 0.177. The van der Waals surface area contributed by atoms with Gasteiger partial charge in [-0.25, -0.2) is 4.39 Å². The smallest absolute Gasteiger partial charge is 0.258 e. The molecule has 2 N–H and O–H groups in total. The Bertz CT molecular complexity index is 559. The fourth-order valence-corrected chi connectivity index (χ4v) is 1.56. The summed E-state index contributed by atoms with van der Waals surface area (Å²) < 4.78 is 28.3. The monoisotopic (exact) mass is 267 g/mol. The molecule has 0 aliphatic rings. The first-order chi connectivity index (χ1) is 9.15. The van der Waals surface area contributed by atoms with Gasteiger partial charge in [0.25, 0.3) is 5.89 Å². The molecule has 1 heterocycles.